The summed E-state index contributed by atoms with van der Waals surface area (Å²) in [5.74, 6) is 0.128. The Morgan fingerprint density at radius 1 is 1.08 bits per heavy atom. The van der Waals surface area contributed by atoms with Crippen LogP contribution in [0.4, 0.5) is 5.95 Å². The monoisotopic (exact) mass is 331 g/mol. The number of anilines is 1. The Labute approximate surface area is 145 Å². The summed E-state index contributed by atoms with van der Waals surface area (Å²) >= 11 is 0. The van der Waals surface area contributed by atoms with Gasteiger partial charge in [-0.2, -0.15) is 10.1 Å². The van der Waals surface area contributed by atoms with Gasteiger partial charge in [0.2, 0.25) is 11.9 Å². The summed E-state index contributed by atoms with van der Waals surface area (Å²) in [5.41, 5.74) is 10.0. The van der Waals surface area contributed by atoms with Crippen LogP contribution in [0.1, 0.15) is 18.5 Å². The number of primary amides is 1. The maximum Gasteiger partial charge on any atom is 0.248 e. The van der Waals surface area contributed by atoms with Gasteiger partial charge in [-0.05, 0) is 23.6 Å². The van der Waals surface area contributed by atoms with Crippen molar-refractivity contribution in [1.82, 2.24) is 14.8 Å². The SMILES string of the molecule is CC1=C(C(N)=O)C(c2ccc(-c3ccccc3)cc2)n2ncnc2N1. The van der Waals surface area contributed by atoms with Crippen molar-refractivity contribution in [3.8, 4) is 11.1 Å². The zero-order valence-corrected chi connectivity index (χ0v) is 13.7. The molecule has 0 spiro atoms. The smallest absolute Gasteiger partial charge is 0.248 e. The van der Waals surface area contributed by atoms with E-state index >= 15 is 0 Å². The van der Waals surface area contributed by atoms with Gasteiger partial charge in [-0.1, -0.05) is 54.6 Å². The molecule has 6 heteroatoms. The molecule has 0 saturated carbocycles. The Kier molecular flexibility index (Phi) is 3.57. The Morgan fingerprint density at radius 2 is 1.76 bits per heavy atom. The van der Waals surface area contributed by atoms with Crippen molar-refractivity contribution in [3.05, 3.63) is 77.8 Å². The van der Waals surface area contributed by atoms with Crippen LogP contribution in [0.3, 0.4) is 0 Å². The molecule has 0 saturated heterocycles. The Morgan fingerprint density at radius 3 is 2.44 bits per heavy atom. The lowest BCUT2D eigenvalue weighted by Gasteiger charge is -2.27. The van der Waals surface area contributed by atoms with E-state index in [4.69, 9.17) is 5.73 Å². The number of hydrogen-bond donors (Lipinski definition) is 2. The van der Waals surface area contributed by atoms with Crippen molar-refractivity contribution in [2.75, 3.05) is 5.32 Å². The fraction of sp³-hybridized carbons (Fsp3) is 0.105. The van der Waals surface area contributed by atoms with Gasteiger partial charge in [0.15, 0.2) is 0 Å². The number of nitrogens with two attached hydrogens (primary N) is 1. The lowest BCUT2D eigenvalue weighted by atomic mass is 9.93. The van der Waals surface area contributed by atoms with Gasteiger partial charge < -0.3 is 11.1 Å². The van der Waals surface area contributed by atoms with Crippen LogP contribution in [0.25, 0.3) is 11.1 Å². The number of aromatic nitrogens is 3. The molecule has 3 aromatic rings. The van der Waals surface area contributed by atoms with Crippen molar-refractivity contribution in [3.63, 3.8) is 0 Å². The zero-order chi connectivity index (χ0) is 17.4. The number of hydrogen-bond acceptors (Lipinski definition) is 4. The first-order chi connectivity index (χ1) is 12.1. The van der Waals surface area contributed by atoms with E-state index in [1.807, 2.05) is 49.4 Å². The van der Waals surface area contributed by atoms with Crippen LogP contribution in [0.2, 0.25) is 0 Å². The summed E-state index contributed by atoms with van der Waals surface area (Å²) in [4.78, 5) is 16.2. The molecule has 1 unspecified atom stereocenters. The first-order valence-electron chi connectivity index (χ1n) is 7.97. The maximum absolute atomic E-state index is 12.0. The molecule has 0 radical (unpaired) electrons. The van der Waals surface area contributed by atoms with Crippen LogP contribution in [-0.4, -0.2) is 20.7 Å². The minimum absolute atomic E-state index is 0.388. The van der Waals surface area contributed by atoms with Gasteiger partial charge in [-0.15, -0.1) is 0 Å². The molecule has 1 aromatic heterocycles. The van der Waals surface area contributed by atoms with E-state index in [1.165, 1.54) is 6.33 Å². The van der Waals surface area contributed by atoms with Crippen LogP contribution in [0.5, 0.6) is 0 Å². The molecular weight excluding hydrogens is 314 g/mol. The first kappa shape index (κ1) is 15.1. The molecule has 1 atom stereocenters. The Hall–Kier alpha value is -3.41. The van der Waals surface area contributed by atoms with Crippen LogP contribution >= 0.6 is 0 Å². The molecule has 1 aliphatic rings. The molecule has 1 aliphatic heterocycles. The van der Waals surface area contributed by atoms with Gasteiger partial charge in [0, 0.05) is 5.70 Å². The van der Waals surface area contributed by atoms with Crippen LogP contribution in [-0.2, 0) is 4.79 Å². The predicted molar refractivity (Wildman–Crippen MR) is 95.6 cm³/mol. The molecular formula is C19H17N5O. The van der Waals surface area contributed by atoms with Gasteiger partial charge in [0.05, 0.1) is 5.57 Å². The summed E-state index contributed by atoms with van der Waals surface area (Å²) in [7, 11) is 0. The number of nitrogens with zero attached hydrogens (tertiary/aromatic N) is 3. The number of rotatable bonds is 3. The molecule has 124 valence electrons. The van der Waals surface area contributed by atoms with E-state index in [2.05, 4.69) is 27.5 Å². The van der Waals surface area contributed by atoms with E-state index in [0.29, 0.717) is 17.2 Å². The van der Waals surface area contributed by atoms with Crippen molar-refractivity contribution >= 4 is 11.9 Å². The average molecular weight is 331 g/mol. The number of allylic oxidation sites excluding steroid dienone is 1. The van der Waals surface area contributed by atoms with Gasteiger partial charge in [-0.3, -0.25) is 4.79 Å². The third kappa shape index (κ3) is 2.57. The van der Waals surface area contributed by atoms with Gasteiger partial charge in [0.25, 0.3) is 0 Å². The molecule has 6 nitrogen and oxygen atoms in total. The number of carbonyl (C=O) groups excluding carboxylic acids is 1. The highest BCUT2D eigenvalue weighted by Crippen LogP contribution is 2.35. The molecule has 0 bridgehead atoms. The lowest BCUT2D eigenvalue weighted by molar-refractivity contribution is -0.115. The summed E-state index contributed by atoms with van der Waals surface area (Å²) in [6, 6.07) is 17.8. The Balaban J connectivity index is 1.79. The second-order valence-corrected chi connectivity index (χ2v) is 5.95. The molecule has 0 fully saturated rings. The number of benzene rings is 2. The van der Waals surface area contributed by atoms with E-state index < -0.39 is 5.91 Å². The standard InChI is InChI=1S/C19H17N5O/c1-12-16(18(20)25)17(24-19(23-12)21-11-22-24)15-9-7-14(8-10-15)13-5-3-2-4-6-13/h2-11,17H,1H3,(H2,20,25)(H,21,22,23). The lowest BCUT2D eigenvalue weighted by Crippen LogP contribution is -2.31. The van der Waals surface area contributed by atoms with E-state index in [9.17, 15) is 4.79 Å². The average Bonchev–Trinajstić information content (AvgIpc) is 3.09. The summed E-state index contributed by atoms with van der Waals surface area (Å²) in [5, 5.41) is 7.34. The van der Waals surface area contributed by atoms with Crippen LogP contribution in [0.15, 0.2) is 72.2 Å². The minimum atomic E-state index is -0.469. The summed E-state index contributed by atoms with van der Waals surface area (Å²) < 4.78 is 1.69. The minimum Gasteiger partial charge on any atom is -0.366 e. The molecule has 3 N–H and O–H groups in total. The van der Waals surface area contributed by atoms with E-state index in [-0.39, 0.29) is 6.04 Å². The fourth-order valence-electron chi connectivity index (χ4n) is 3.21. The predicted octanol–water partition coefficient (Wildman–Crippen LogP) is 2.72. The molecule has 2 heterocycles. The van der Waals surface area contributed by atoms with Crippen molar-refractivity contribution in [2.45, 2.75) is 13.0 Å². The van der Waals surface area contributed by atoms with Crippen molar-refractivity contribution in [2.24, 2.45) is 5.73 Å². The molecule has 2 aromatic carbocycles. The van der Waals surface area contributed by atoms with Gasteiger partial charge in [0.1, 0.15) is 12.4 Å². The third-order valence-electron chi connectivity index (χ3n) is 4.39. The zero-order valence-electron chi connectivity index (χ0n) is 13.7. The van der Waals surface area contributed by atoms with E-state index in [0.717, 1.165) is 16.7 Å². The second-order valence-electron chi connectivity index (χ2n) is 5.95. The maximum atomic E-state index is 12.0. The highest BCUT2D eigenvalue weighted by Gasteiger charge is 2.32. The molecule has 0 aliphatic carbocycles. The second kappa shape index (κ2) is 5.90. The van der Waals surface area contributed by atoms with Gasteiger partial charge >= 0.3 is 0 Å². The first-order valence-corrected chi connectivity index (χ1v) is 7.97. The van der Waals surface area contributed by atoms with E-state index in [1.54, 1.807) is 4.68 Å². The topological polar surface area (TPSA) is 85.8 Å². The van der Waals surface area contributed by atoms with Crippen molar-refractivity contribution < 1.29 is 4.79 Å². The summed E-state index contributed by atoms with van der Waals surface area (Å²) in [6.45, 7) is 1.82. The third-order valence-corrected chi connectivity index (χ3v) is 4.39. The number of fused-ring (bicyclic) bond motifs is 1. The molecule has 4 rings (SSSR count). The Bertz CT molecular complexity index is 957. The fourth-order valence-corrected chi connectivity index (χ4v) is 3.21. The summed E-state index contributed by atoms with van der Waals surface area (Å²) in [6.07, 6.45) is 1.46. The molecule has 1 amide bonds. The number of amides is 1. The number of nitrogens with one attached hydrogen (secondary N) is 1. The van der Waals surface area contributed by atoms with Crippen LogP contribution < -0.4 is 11.1 Å². The quantitative estimate of drug-likeness (QED) is 0.773. The highest BCUT2D eigenvalue weighted by molar-refractivity contribution is 5.95. The van der Waals surface area contributed by atoms with Gasteiger partial charge in [-0.25, -0.2) is 4.68 Å². The normalized spacial score (nSPS) is 16.3. The largest absolute Gasteiger partial charge is 0.366 e. The molecule has 25 heavy (non-hydrogen) atoms. The van der Waals surface area contributed by atoms with Crippen LogP contribution in [0, 0.1) is 0 Å². The highest BCUT2D eigenvalue weighted by atomic mass is 16.1. The van der Waals surface area contributed by atoms with Crippen molar-refractivity contribution in [1.29, 1.82) is 0 Å². The number of carbonyl (C=O) groups is 1.